The summed E-state index contributed by atoms with van der Waals surface area (Å²) >= 11 is 0. The van der Waals surface area contributed by atoms with Crippen molar-refractivity contribution in [1.29, 1.82) is 10.5 Å². The van der Waals surface area contributed by atoms with E-state index in [-0.39, 0.29) is 11.1 Å². The Morgan fingerprint density at radius 1 is 1.06 bits per heavy atom. The molecule has 0 radical (unpaired) electrons. The monoisotopic (exact) mass is 236 g/mol. The normalized spacial score (nSPS) is 9.56. The Morgan fingerprint density at radius 2 is 1.72 bits per heavy atom. The fraction of sp³-hybridized carbons (Fsp3) is 0.0667. The predicted octanol–water partition coefficient (Wildman–Crippen LogP) is 3.54. The van der Waals surface area contributed by atoms with E-state index in [1.165, 1.54) is 6.07 Å². The van der Waals surface area contributed by atoms with Crippen LogP contribution in [0.1, 0.15) is 16.7 Å². The van der Waals surface area contributed by atoms with Crippen molar-refractivity contribution in [3.8, 4) is 23.3 Å². The van der Waals surface area contributed by atoms with E-state index in [0.717, 1.165) is 11.1 Å². The van der Waals surface area contributed by atoms with Crippen molar-refractivity contribution in [1.82, 2.24) is 0 Å². The van der Waals surface area contributed by atoms with Crippen LogP contribution < -0.4 is 0 Å². The quantitative estimate of drug-likeness (QED) is 0.760. The molecule has 2 nitrogen and oxygen atoms in total. The number of aryl methyl sites for hydroxylation is 1. The lowest BCUT2D eigenvalue weighted by Crippen LogP contribution is -1.97. The number of nitrogens with zero attached hydrogens (tertiary/aromatic N) is 2. The minimum atomic E-state index is -0.746. The Morgan fingerprint density at radius 3 is 2.28 bits per heavy atom. The van der Waals surface area contributed by atoms with Gasteiger partial charge < -0.3 is 0 Å². The maximum absolute atomic E-state index is 14.0. The lowest BCUT2D eigenvalue weighted by molar-refractivity contribution is 0.620. The van der Waals surface area contributed by atoms with E-state index in [1.54, 1.807) is 13.0 Å². The molecule has 86 valence electrons. The molecule has 0 aromatic heterocycles. The number of halogens is 1. The molecule has 0 saturated carbocycles. The van der Waals surface area contributed by atoms with Crippen molar-refractivity contribution >= 4 is 0 Å². The average molecular weight is 236 g/mol. The third-order valence-corrected chi connectivity index (χ3v) is 2.76. The molecule has 18 heavy (non-hydrogen) atoms. The second-order valence-electron chi connectivity index (χ2n) is 3.89. The van der Waals surface area contributed by atoms with Gasteiger partial charge in [0.25, 0.3) is 0 Å². The molecule has 0 saturated heterocycles. The van der Waals surface area contributed by atoms with E-state index in [4.69, 9.17) is 10.5 Å². The zero-order valence-corrected chi connectivity index (χ0v) is 9.74. The Hall–Kier alpha value is -2.65. The first-order valence-electron chi connectivity index (χ1n) is 5.37. The Kier molecular flexibility index (Phi) is 3.08. The molecule has 2 aromatic carbocycles. The number of hydrogen-bond acceptors (Lipinski definition) is 2. The topological polar surface area (TPSA) is 47.6 Å². The summed E-state index contributed by atoms with van der Waals surface area (Å²) in [5.74, 6) is -0.746. The third kappa shape index (κ3) is 1.83. The third-order valence-electron chi connectivity index (χ3n) is 2.76. The molecule has 0 aliphatic heterocycles. The van der Waals surface area contributed by atoms with Crippen LogP contribution in [-0.4, -0.2) is 0 Å². The molecule has 2 aromatic rings. The first-order chi connectivity index (χ1) is 8.69. The molecule has 3 heteroatoms. The SMILES string of the molecule is Cc1cc(C#N)c(F)c(C#N)c1-c1ccccc1. The van der Waals surface area contributed by atoms with Crippen molar-refractivity contribution in [2.24, 2.45) is 0 Å². The van der Waals surface area contributed by atoms with Gasteiger partial charge in [0.2, 0.25) is 0 Å². The summed E-state index contributed by atoms with van der Waals surface area (Å²) in [6.07, 6.45) is 0. The van der Waals surface area contributed by atoms with Crippen molar-refractivity contribution in [3.05, 3.63) is 58.9 Å². The van der Waals surface area contributed by atoms with Gasteiger partial charge in [0.1, 0.15) is 12.1 Å². The summed E-state index contributed by atoms with van der Waals surface area (Å²) in [6.45, 7) is 1.77. The molecule has 0 fully saturated rings. The molecule has 0 amide bonds. The van der Waals surface area contributed by atoms with Gasteiger partial charge in [0, 0.05) is 5.56 Å². The van der Waals surface area contributed by atoms with E-state index >= 15 is 0 Å². The van der Waals surface area contributed by atoms with Gasteiger partial charge in [-0.05, 0) is 24.1 Å². The second kappa shape index (κ2) is 4.69. The van der Waals surface area contributed by atoms with Gasteiger partial charge in [-0.25, -0.2) is 4.39 Å². The second-order valence-corrected chi connectivity index (χ2v) is 3.89. The van der Waals surface area contributed by atoms with Crippen LogP contribution in [0.25, 0.3) is 11.1 Å². The summed E-state index contributed by atoms with van der Waals surface area (Å²) < 4.78 is 14.0. The Balaban J connectivity index is 2.82. The molecule has 0 aliphatic carbocycles. The van der Waals surface area contributed by atoms with Crippen LogP contribution in [0.4, 0.5) is 4.39 Å². The van der Waals surface area contributed by atoms with E-state index in [1.807, 2.05) is 36.4 Å². The highest BCUT2D eigenvalue weighted by atomic mass is 19.1. The van der Waals surface area contributed by atoms with Crippen LogP contribution in [0.3, 0.4) is 0 Å². The predicted molar refractivity (Wildman–Crippen MR) is 66.0 cm³/mol. The molecule has 0 bridgehead atoms. The largest absolute Gasteiger partial charge is 0.204 e. The van der Waals surface area contributed by atoms with Gasteiger partial charge in [-0.1, -0.05) is 30.3 Å². The fourth-order valence-electron chi connectivity index (χ4n) is 1.96. The van der Waals surface area contributed by atoms with Crippen molar-refractivity contribution < 1.29 is 4.39 Å². The first kappa shape index (κ1) is 11.8. The summed E-state index contributed by atoms with van der Waals surface area (Å²) in [6, 6.07) is 14.2. The summed E-state index contributed by atoms with van der Waals surface area (Å²) in [7, 11) is 0. The number of rotatable bonds is 1. The summed E-state index contributed by atoms with van der Waals surface area (Å²) in [4.78, 5) is 0. The van der Waals surface area contributed by atoms with Gasteiger partial charge in [0.15, 0.2) is 5.82 Å². The molecule has 2 rings (SSSR count). The molecule has 0 heterocycles. The fourth-order valence-corrected chi connectivity index (χ4v) is 1.96. The lowest BCUT2D eigenvalue weighted by atomic mass is 9.93. The van der Waals surface area contributed by atoms with Gasteiger partial charge in [-0.2, -0.15) is 10.5 Å². The zero-order valence-electron chi connectivity index (χ0n) is 9.74. The molecule has 0 unspecified atom stereocenters. The van der Waals surface area contributed by atoms with E-state index in [0.29, 0.717) is 5.56 Å². The summed E-state index contributed by atoms with van der Waals surface area (Å²) in [5.41, 5.74) is 1.88. The standard InChI is InChI=1S/C15H9FN2/c1-10-7-12(8-17)15(16)13(9-18)14(10)11-5-3-2-4-6-11/h2-7H,1H3. The number of nitriles is 2. The molecule has 0 N–H and O–H groups in total. The molecular weight excluding hydrogens is 227 g/mol. The van der Waals surface area contributed by atoms with Crippen molar-refractivity contribution in [2.75, 3.05) is 0 Å². The van der Waals surface area contributed by atoms with E-state index in [2.05, 4.69) is 0 Å². The van der Waals surface area contributed by atoms with Gasteiger partial charge >= 0.3 is 0 Å². The molecule has 0 aliphatic rings. The van der Waals surface area contributed by atoms with Crippen molar-refractivity contribution in [2.45, 2.75) is 6.92 Å². The van der Waals surface area contributed by atoms with Crippen LogP contribution in [0, 0.1) is 35.4 Å². The van der Waals surface area contributed by atoms with Crippen molar-refractivity contribution in [3.63, 3.8) is 0 Å². The highest BCUT2D eigenvalue weighted by Crippen LogP contribution is 2.30. The van der Waals surface area contributed by atoms with Crippen LogP contribution in [-0.2, 0) is 0 Å². The van der Waals surface area contributed by atoms with Gasteiger partial charge in [-0.15, -0.1) is 0 Å². The smallest absolute Gasteiger partial charge is 0.159 e. The Labute approximate surface area is 105 Å². The highest BCUT2D eigenvalue weighted by molar-refractivity contribution is 5.75. The first-order valence-corrected chi connectivity index (χ1v) is 5.37. The van der Waals surface area contributed by atoms with Crippen LogP contribution in [0.5, 0.6) is 0 Å². The summed E-state index contributed by atoms with van der Waals surface area (Å²) in [5, 5.41) is 17.9. The lowest BCUT2D eigenvalue weighted by Gasteiger charge is -2.10. The minimum Gasteiger partial charge on any atom is -0.204 e. The van der Waals surface area contributed by atoms with Crippen LogP contribution in [0.2, 0.25) is 0 Å². The number of benzene rings is 2. The van der Waals surface area contributed by atoms with Crippen LogP contribution >= 0.6 is 0 Å². The number of hydrogen-bond donors (Lipinski definition) is 0. The van der Waals surface area contributed by atoms with Gasteiger partial charge in [-0.3, -0.25) is 0 Å². The minimum absolute atomic E-state index is 0.0715. The maximum Gasteiger partial charge on any atom is 0.159 e. The van der Waals surface area contributed by atoms with E-state index in [9.17, 15) is 4.39 Å². The molecular formula is C15H9FN2. The highest BCUT2D eigenvalue weighted by Gasteiger charge is 2.17. The Bertz CT molecular complexity index is 676. The zero-order chi connectivity index (χ0) is 13.1. The average Bonchev–Trinajstić information content (AvgIpc) is 2.41. The van der Waals surface area contributed by atoms with Crippen LogP contribution in [0.15, 0.2) is 36.4 Å². The molecule has 0 spiro atoms. The maximum atomic E-state index is 14.0. The van der Waals surface area contributed by atoms with E-state index < -0.39 is 5.82 Å². The molecule has 0 atom stereocenters. The van der Waals surface area contributed by atoms with Gasteiger partial charge in [0.05, 0.1) is 11.1 Å².